The van der Waals surface area contributed by atoms with Gasteiger partial charge in [0.15, 0.2) is 0 Å². The maximum atomic E-state index is 11.7. The van der Waals surface area contributed by atoms with Crippen molar-refractivity contribution in [1.29, 1.82) is 0 Å². The highest BCUT2D eigenvalue weighted by atomic mass is 35.5. The first-order valence-corrected chi connectivity index (χ1v) is 5.88. The summed E-state index contributed by atoms with van der Waals surface area (Å²) in [5, 5.41) is 15.5. The molecule has 5 heteroatoms. The summed E-state index contributed by atoms with van der Waals surface area (Å²) in [6, 6.07) is 4.68. The lowest BCUT2D eigenvalue weighted by molar-refractivity contribution is 0.0953. The summed E-state index contributed by atoms with van der Waals surface area (Å²) >= 11 is 5.87. The van der Waals surface area contributed by atoms with Gasteiger partial charge < -0.3 is 15.7 Å². The van der Waals surface area contributed by atoms with E-state index in [-0.39, 0.29) is 17.2 Å². The number of amides is 1. The Bertz CT molecular complexity index is 394. The number of rotatable bonds is 5. The first-order valence-electron chi connectivity index (χ1n) is 5.51. The zero-order chi connectivity index (χ0) is 12.8. The molecule has 3 N–H and O–H groups in total. The molecule has 0 aliphatic rings. The van der Waals surface area contributed by atoms with Crippen LogP contribution in [0.25, 0.3) is 0 Å². The Morgan fingerprint density at radius 2 is 2.12 bits per heavy atom. The van der Waals surface area contributed by atoms with Crippen molar-refractivity contribution in [1.82, 2.24) is 10.6 Å². The lowest BCUT2D eigenvalue weighted by Crippen LogP contribution is -2.34. The molecular formula is C12H17ClN2O2. The van der Waals surface area contributed by atoms with E-state index in [0.717, 1.165) is 0 Å². The lowest BCUT2D eigenvalue weighted by Gasteiger charge is -2.10. The lowest BCUT2D eigenvalue weighted by atomic mass is 10.2. The van der Waals surface area contributed by atoms with Gasteiger partial charge in [0.05, 0.1) is 10.6 Å². The van der Waals surface area contributed by atoms with E-state index in [1.807, 2.05) is 13.8 Å². The van der Waals surface area contributed by atoms with E-state index in [2.05, 4.69) is 10.6 Å². The van der Waals surface area contributed by atoms with Gasteiger partial charge in [-0.2, -0.15) is 0 Å². The minimum Gasteiger partial charge on any atom is -0.508 e. The fraction of sp³-hybridized carbons (Fsp3) is 0.417. The molecule has 0 spiro atoms. The molecule has 0 saturated carbocycles. The van der Waals surface area contributed by atoms with Crippen molar-refractivity contribution < 1.29 is 9.90 Å². The van der Waals surface area contributed by atoms with Crippen LogP contribution in [0.3, 0.4) is 0 Å². The summed E-state index contributed by atoms with van der Waals surface area (Å²) in [4.78, 5) is 11.7. The molecule has 0 aliphatic heterocycles. The molecule has 0 aliphatic carbocycles. The zero-order valence-corrected chi connectivity index (χ0v) is 10.7. The van der Waals surface area contributed by atoms with Gasteiger partial charge in [-0.15, -0.1) is 0 Å². The summed E-state index contributed by atoms with van der Waals surface area (Å²) in [5.41, 5.74) is 0.288. The Kier molecular flexibility index (Phi) is 5.25. The summed E-state index contributed by atoms with van der Waals surface area (Å²) < 4.78 is 0. The fourth-order valence-corrected chi connectivity index (χ4v) is 1.52. The van der Waals surface area contributed by atoms with Gasteiger partial charge in [0.2, 0.25) is 0 Å². The molecule has 0 atom stereocenters. The normalized spacial score (nSPS) is 10.6. The molecule has 1 aromatic rings. The van der Waals surface area contributed by atoms with Crippen molar-refractivity contribution >= 4 is 17.5 Å². The number of halogens is 1. The Balaban J connectivity index is 2.49. The molecule has 4 nitrogen and oxygen atoms in total. The van der Waals surface area contributed by atoms with Gasteiger partial charge in [-0.3, -0.25) is 4.79 Å². The van der Waals surface area contributed by atoms with Crippen LogP contribution in [0.5, 0.6) is 5.75 Å². The van der Waals surface area contributed by atoms with E-state index >= 15 is 0 Å². The van der Waals surface area contributed by atoms with E-state index in [0.29, 0.717) is 24.2 Å². The van der Waals surface area contributed by atoms with E-state index < -0.39 is 0 Å². The highest BCUT2D eigenvalue weighted by Gasteiger charge is 2.10. The van der Waals surface area contributed by atoms with E-state index in [9.17, 15) is 9.90 Å². The van der Waals surface area contributed by atoms with Crippen LogP contribution in [0.15, 0.2) is 18.2 Å². The van der Waals surface area contributed by atoms with Crippen molar-refractivity contribution in [2.75, 3.05) is 13.1 Å². The maximum absolute atomic E-state index is 11.7. The second kappa shape index (κ2) is 6.47. The quantitative estimate of drug-likeness (QED) is 0.704. The summed E-state index contributed by atoms with van der Waals surface area (Å²) in [5.74, 6) is -0.253. The standard InChI is InChI=1S/C12H17ClN2O2/c1-8(2)14-5-6-15-12(17)10-7-9(16)3-4-11(10)13/h3-4,7-8,14,16H,5-6H2,1-2H3,(H,15,17). The number of phenols is 1. The number of hydrogen-bond donors (Lipinski definition) is 3. The van der Waals surface area contributed by atoms with Crippen LogP contribution in [0.2, 0.25) is 5.02 Å². The number of aromatic hydroxyl groups is 1. The van der Waals surface area contributed by atoms with Crippen molar-refractivity contribution in [3.05, 3.63) is 28.8 Å². The number of phenolic OH excluding ortho intramolecular Hbond substituents is 1. The van der Waals surface area contributed by atoms with Crippen LogP contribution in [0.1, 0.15) is 24.2 Å². The number of carbonyl (C=O) groups excluding carboxylic acids is 1. The van der Waals surface area contributed by atoms with Crippen LogP contribution in [0, 0.1) is 0 Å². The first kappa shape index (κ1) is 13.8. The summed E-state index contributed by atoms with van der Waals surface area (Å²) in [7, 11) is 0. The van der Waals surface area contributed by atoms with Gasteiger partial charge in [0.1, 0.15) is 5.75 Å². The predicted molar refractivity (Wildman–Crippen MR) is 68.6 cm³/mol. The SMILES string of the molecule is CC(C)NCCNC(=O)c1cc(O)ccc1Cl. The molecule has 0 heterocycles. The average Bonchev–Trinajstić information content (AvgIpc) is 2.27. The van der Waals surface area contributed by atoms with E-state index in [1.54, 1.807) is 0 Å². The van der Waals surface area contributed by atoms with Crippen LogP contribution in [-0.4, -0.2) is 30.1 Å². The second-order valence-corrected chi connectivity index (χ2v) is 4.44. The van der Waals surface area contributed by atoms with Gasteiger partial charge in [0.25, 0.3) is 5.91 Å². The zero-order valence-electron chi connectivity index (χ0n) is 9.96. The second-order valence-electron chi connectivity index (χ2n) is 4.03. The van der Waals surface area contributed by atoms with Crippen LogP contribution < -0.4 is 10.6 Å². The molecule has 17 heavy (non-hydrogen) atoms. The molecule has 0 fully saturated rings. The molecule has 0 aromatic heterocycles. The Morgan fingerprint density at radius 1 is 1.41 bits per heavy atom. The highest BCUT2D eigenvalue weighted by Crippen LogP contribution is 2.20. The van der Waals surface area contributed by atoms with E-state index in [4.69, 9.17) is 11.6 Å². The number of carbonyl (C=O) groups is 1. The van der Waals surface area contributed by atoms with Gasteiger partial charge in [-0.05, 0) is 18.2 Å². The number of nitrogens with one attached hydrogen (secondary N) is 2. The molecule has 0 unspecified atom stereocenters. The Hall–Kier alpha value is -1.26. The molecule has 0 saturated heterocycles. The third kappa shape index (κ3) is 4.63. The third-order valence-corrected chi connectivity index (χ3v) is 2.49. The monoisotopic (exact) mass is 256 g/mol. The smallest absolute Gasteiger partial charge is 0.252 e. The van der Waals surface area contributed by atoms with Crippen molar-refractivity contribution in [2.24, 2.45) is 0 Å². The first-order chi connectivity index (χ1) is 8.00. The molecule has 0 radical (unpaired) electrons. The van der Waals surface area contributed by atoms with Gasteiger partial charge >= 0.3 is 0 Å². The minimum absolute atomic E-state index is 0.0276. The molecule has 1 amide bonds. The van der Waals surface area contributed by atoms with Gasteiger partial charge in [-0.1, -0.05) is 25.4 Å². The van der Waals surface area contributed by atoms with Crippen LogP contribution in [-0.2, 0) is 0 Å². The Labute approximate surface area is 106 Å². The van der Waals surface area contributed by atoms with Crippen LogP contribution >= 0.6 is 11.6 Å². The van der Waals surface area contributed by atoms with Gasteiger partial charge in [0, 0.05) is 19.1 Å². The highest BCUT2D eigenvalue weighted by molar-refractivity contribution is 6.33. The topological polar surface area (TPSA) is 61.4 Å². The third-order valence-electron chi connectivity index (χ3n) is 2.16. The molecule has 0 bridgehead atoms. The summed E-state index contributed by atoms with van der Waals surface area (Å²) in [6.45, 7) is 5.28. The maximum Gasteiger partial charge on any atom is 0.252 e. The van der Waals surface area contributed by atoms with Crippen LogP contribution in [0.4, 0.5) is 0 Å². The summed E-state index contributed by atoms with van der Waals surface area (Å²) in [6.07, 6.45) is 0. The Morgan fingerprint density at radius 3 is 2.76 bits per heavy atom. The number of benzene rings is 1. The molecule has 1 aromatic carbocycles. The molecule has 1 rings (SSSR count). The van der Waals surface area contributed by atoms with Gasteiger partial charge in [-0.25, -0.2) is 0 Å². The van der Waals surface area contributed by atoms with Crippen molar-refractivity contribution in [2.45, 2.75) is 19.9 Å². The molecular weight excluding hydrogens is 240 g/mol. The average molecular weight is 257 g/mol. The largest absolute Gasteiger partial charge is 0.508 e. The van der Waals surface area contributed by atoms with Crippen molar-refractivity contribution in [3.63, 3.8) is 0 Å². The minimum atomic E-state index is -0.281. The molecule has 94 valence electrons. The van der Waals surface area contributed by atoms with Crippen molar-refractivity contribution in [3.8, 4) is 5.75 Å². The predicted octanol–water partition coefficient (Wildman–Crippen LogP) is 1.77. The van der Waals surface area contributed by atoms with E-state index in [1.165, 1.54) is 18.2 Å². The fourth-order valence-electron chi connectivity index (χ4n) is 1.32. The number of hydrogen-bond acceptors (Lipinski definition) is 3.